The van der Waals surface area contributed by atoms with E-state index in [0.29, 0.717) is 34.9 Å². The van der Waals surface area contributed by atoms with Gasteiger partial charge in [0.05, 0.1) is 18.4 Å². The third-order valence-electron chi connectivity index (χ3n) is 4.41. The number of benzene rings is 1. The van der Waals surface area contributed by atoms with Gasteiger partial charge < -0.3 is 10.1 Å². The van der Waals surface area contributed by atoms with Gasteiger partial charge >= 0.3 is 5.97 Å². The first kappa shape index (κ1) is 22.8. The van der Waals surface area contributed by atoms with E-state index < -0.39 is 0 Å². The largest absolute Gasteiger partial charge is 0.469 e. The summed E-state index contributed by atoms with van der Waals surface area (Å²) in [6.07, 6.45) is 2.39. The number of nitrogens with one attached hydrogen (secondary N) is 1. The first-order valence-electron chi connectivity index (χ1n) is 9.70. The summed E-state index contributed by atoms with van der Waals surface area (Å²) in [6.45, 7) is 4.42. The highest BCUT2D eigenvalue weighted by atomic mass is 32.2. The van der Waals surface area contributed by atoms with Crippen LogP contribution < -0.4 is 10.9 Å². The second kappa shape index (κ2) is 10.9. The molecule has 2 aromatic heterocycles. The number of fused-ring (bicyclic) bond motifs is 1. The maximum absolute atomic E-state index is 13.1. The van der Waals surface area contributed by atoms with Crippen molar-refractivity contribution in [3.63, 3.8) is 0 Å². The van der Waals surface area contributed by atoms with Crippen LogP contribution in [-0.2, 0) is 20.9 Å². The third-order valence-corrected chi connectivity index (χ3v) is 6.55. The third kappa shape index (κ3) is 5.83. The van der Waals surface area contributed by atoms with Crippen molar-refractivity contribution in [2.45, 2.75) is 24.5 Å². The van der Waals surface area contributed by atoms with Crippen molar-refractivity contribution in [3.8, 4) is 10.4 Å². The molecular formula is C22H23N3O4S2. The summed E-state index contributed by atoms with van der Waals surface area (Å²) < 4.78 is 6.69. The van der Waals surface area contributed by atoms with E-state index in [9.17, 15) is 14.4 Å². The molecule has 0 aliphatic carbocycles. The Kier molecular flexibility index (Phi) is 8.02. The molecule has 0 bridgehead atoms. The molecule has 0 fully saturated rings. The molecule has 0 saturated heterocycles. The van der Waals surface area contributed by atoms with Crippen molar-refractivity contribution in [1.29, 1.82) is 0 Å². The number of carbonyl (C=O) groups is 2. The number of hydrogen-bond donors (Lipinski definition) is 1. The monoisotopic (exact) mass is 457 g/mol. The highest BCUT2D eigenvalue weighted by Gasteiger charge is 2.16. The fourth-order valence-corrected chi connectivity index (χ4v) is 4.77. The number of ether oxygens (including phenoxy) is 1. The van der Waals surface area contributed by atoms with Crippen molar-refractivity contribution in [2.75, 3.05) is 19.4 Å². The summed E-state index contributed by atoms with van der Waals surface area (Å²) >= 11 is 2.61. The van der Waals surface area contributed by atoms with Gasteiger partial charge in [-0.25, -0.2) is 4.98 Å². The summed E-state index contributed by atoms with van der Waals surface area (Å²) in [7, 11) is 1.33. The van der Waals surface area contributed by atoms with Crippen LogP contribution in [0.25, 0.3) is 20.7 Å². The van der Waals surface area contributed by atoms with E-state index in [-0.39, 0.29) is 29.6 Å². The molecular weight excluding hydrogens is 434 g/mol. The number of rotatable bonds is 10. The Morgan fingerprint density at radius 2 is 2.10 bits per heavy atom. The van der Waals surface area contributed by atoms with Crippen molar-refractivity contribution >= 4 is 45.2 Å². The molecule has 7 nitrogen and oxygen atoms in total. The van der Waals surface area contributed by atoms with Crippen LogP contribution in [-0.4, -0.2) is 40.8 Å². The summed E-state index contributed by atoms with van der Waals surface area (Å²) in [4.78, 5) is 41.9. The lowest BCUT2D eigenvalue weighted by Gasteiger charge is -2.10. The summed E-state index contributed by atoms with van der Waals surface area (Å²) in [5.74, 6) is -0.381. The molecule has 3 rings (SSSR count). The van der Waals surface area contributed by atoms with Gasteiger partial charge in [-0.3, -0.25) is 19.0 Å². The van der Waals surface area contributed by atoms with Gasteiger partial charge in [0.2, 0.25) is 5.91 Å². The van der Waals surface area contributed by atoms with Gasteiger partial charge in [0.25, 0.3) is 5.56 Å². The zero-order valence-electron chi connectivity index (χ0n) is 17.1. The van der Waals surface area contributed by atoms with Gasteiger partial charge in [0.1, 0.15) is 4.70 Å². The zero-order chi connectivity index (χ0) is 22.2. The van der Waals surface area contributed by atoms with E-state index in [0.717, 1.165) is 10.4 Å². The lowest BCUT2D eigenvalue weighted by atomic mass is 10.2. The van der Waals surface area contributed by atoms with E-state index in [1.54, 1.807) is 6.08 Å². The fraction of sp³-hybridized carbons (Fsp3) is 0.273. The number of methoxy groups -OCH3 is 1. The fourth-order valence-electron chi connectivity index (χ4n) is 2.88. The normalized spacial score (nSPS) is 10.7. The molecule has 1 N–H and O–H groups in total. The van der Waals surface area contributed by atoms with Gasteiger partial charge in [0, 0.05) is 24.4 Å². The lowest BCUT2D eigenvalue weighted by Crippen LogP contribution is -2.27. The maximum Gasteiger partial charge on any atom is 0.305 e. The van der Waals surface area contributed by atoms with Crippen molar-refractivity contribution in [2.24, 2.45) is 0 Å². The van der Waals surface area contributed by atoms with Crippen molar-refractivity contribution in [3.05, 3.63) is 59.4 Å². The number of allylic oxidation sites excluding steroid dienone is 1. The molecule has 0 aliphatic heterocycles. The number of hydrogen-bond acceptors (Lipinski definition) is 7. The minimum atomic E-state index is -0.305. The van der Waals surface area contributed by atoms with E-state index in [4.69, 9.17) is 0 Å². The molecule has 3 aromatic rings. The van der Waals surface area contributed by atoms with Crippen LogP contribution in [0.5, 0.6) is 0 Å². The molecule has 0 unspecified atom stereocenters. The topological polar surface area (TPSA) is 90.3 Å². The van der Waals surface area contributed by atoms with Gasteiger partial charge in [-0.1, -0.05) is 48.2 Å². The molecule has 0 atom stereocenters. The minimum Gasteiger partial charge on any atom is -0.469 e. The Labute approximate surface area is 188 Å². The molecule has 31 heavy (non-hydrogen) atoms. The lowest BCUT2D eigenvalue weighted by molar-refractivity contribution is -0.140. The quantitative estimate of drug-likeness (QED) is 0.165. The van der Waals surface area contributed by atoms with Crippen LogP contribution in [0.4, 0.5) is 0 Å². The smallest absolute Gasteiger partial charge is 0.305 e. The SMILES string of the molecule is C=CCn1c(SCC(=O)NCCCC(=O)OC)nc2cc(-c3ccccc3)sc2c1=O. The highest BCUT2D eigenvalue weighted by Crippen LogP contribution is 2.31. The second-order valence-corrected chi connectivity index (χ2v) is 8.60. The Morgan fingerprint density at radius 3 is 2.81 bits per heavy atom. The van der Waals surface area contributed by atoms with Gasteiger partial charge in [-0.15, -0.1) is 17.9 Å². The maximum atomic E-state index is 13.1. The van der Waals surface area contributed by atoms with Gasteiger partial charge in [0.15, 0.2) is 5.16 Å². The molecule has 1 aromatic carbocycles. The number of thiophene rings is 1. The predicted octanol–water partition coefficient (Wildman–Crippen LogP) is 3.47. The van der Waals surface area contributed by atoms with Crippen LogP contribution in [0, 0.1) is 0 Å². The number of nitrogens with zero attached hydrogens (tertiary/aromatic N) is 2. The zero-order valence-corrected chi connectivity index (χ0v) is 18.8. The summed E-state index contributed by atoms with van der Waals surface area (Å²) in [6, 6.07) is 11.7. The predicted molar refractivity (Wildman–Crippen MR) is 124 cm³/mol. The molecule has 9 heteroatoms. The molecule has 0 aliphatic rings. The average Bonchev–Trinajstić information content (AvgIpc) is 3.22. The molecule has 0 saturated carbocycles. The van der Waals surface area contributed by atoms with Crippen LogP contribution in [0.1, 0.15) is 12.8 Å². The second-order valence-electron chi connectivity index (χ2n) is 6.61. The highest BCUT2D eigenvalue weighted by molar-refractivity contribution is 7.99. The first-order chi connectivity index (χ1) is 15.0. The van der Waals surface area contributed by atoms with E-state index in [1.165, 1.54) is 34.8 Å². The number of carbonyl (C=O) groups excluding carboxylic acids is 2. The Balaban J connectivity index is 1.75. The minimum absolute atomic E-state index is 0.114. The number of aromatic nitrogens is 2. The number of thioether (sulfide) groups is 1. The number of esters is 1. The average molecular weight is 458 g/mol. The molecule has 162 valence electrons. The Hall–Kier alpha value is -2.91. The van der Waals surface area contributed by atoms with E-state index in [1.807, 2.05) is 36.4 Å². The number of amides is 1. The van der Waals surface area contributed by atoms with Crippen LogP contribution in [0.2, 0.25) is 0 Å². The first-order valence-corrected chi connectivity index (χ1v) is 11.5. The molecule has 2 heterocycles. The van der Waals surface area contributed by atoms with Crippen molar-refractivity contribution in [1.82, 2.24) is 14.9 Å². The van der Waals surface area contributed by atoms with Gasteiger partial charge in [-0.05, 0) is 18.1 Å². The molecule has 0 radical (unpaired) electrons. The van der Waals surface area contributed by atoms with E-state index in [2.05, 4.69) is 21.6 Å². The van der Waals surface area contributed by atoms with Crippen LogP contribution in [0.15, 0.2) is 59.0 Å². The summed E-state index contributed by atoms with van der Waals surface area (Å²) in [5.41, 5.74) is 1.51. The Morgan fingerprint density at radius 1 is 1.32 bits per heavy atom. The van der Waals surface area contributed by atoms with Crippen molar-refractivity contribution < 1.29 is 14.3 Å². The van der Waals surface area contributed by atoms with Gasteiger partial charge in [-0.2, -0.15) is 0 Å². The Bertz CT molecular complexity index is 1140. The molecule has 1 amide bonds. The van der Waals surface area contributed by atoms with Crippen LogP contribution >= 0.6 is 23.1 Å². The summed E-state index contributed by atoms with van der Waals surface area (Å²) in [5, 5.41) is 3.23. The molecule has 0 spiro atoms. The van der Waals surface area contributed by atoms with E-state index >= 15 is 0 Å². The standard InChI is InChI=1S/C22H23N3O4S2/c1-3-12-25-21(28)20-16(13-17(31-20)15-8-5-4-6-9-15)24-22(25)30-14-18(26)23-11-7-10-19(27)29-2/h3-6,8-9,13H,1,7,10-12,14H2,2H3,(H,23,26). The van der Waals surface area contributed by atoms with Crippen LogP contribution in [0.3, 0.4) is 0 Å².